The third-order valence-corrected chi connectivity index (χ3v) is 3.99. The quantitative estimate of drug-likeness (QED) is 0.802. The van der Waals surface area contributed by atoms with Gasteiger partial charge >= 0.3 is 0 Å². The van der Waals surface area contributed by atoms with Crippen LogP contribution in [0, 0.1) is 5.92 Å². The molecule has 1 aromatic heterocycles. The zero-order valence-corrected chi connectivity index (χ0v) is 9.65. The smallest absolute Gasteiger partial charge is 0.00148 e. The van der Waals surface area contributed by atoms with E-state index >= 15 is 0 Å². The second kappa shape index (κ2) is 4.94. The fraction of sp³-hybridized carbons (Fsp3) is 0.667. The molecule has 0 bridgehead atoms. The molecule has 1 saturated carbocycles. The fourth-order valence-electron chi connectivity index (χ4n) is 2.54. The first kappa shape index (κ1) is 10.2. The van der Waals surface area contributed by atoms with Crippen LogP contribution in [0.1, 0.15) is 37.7 Å². The van der Waals surface area contributed by atoms with E-state index in [0.29, 0.717) is 0 Å². The summed E-state index contributed by atoms with van der Waals surface area (Å²) in [7, 11) is 0. The van der Waals surface area contributed by atoms with Gasteiger partial charge in [0.1, 0.15) is 0 Å². The summed E-state index contributed by atoms with van der Waals surface area (Å²) in [6.45, 7) is 4.50. The molecule has 0 saturated heterocycles. The number of nitrogens with one attached hydrogen (secondary N) is 1. The van der Waals surface area contributed by atoms with Crippen molar-refractivity contribution in [2.24, 2.45) is 5.92 Å². The number of thiophene rings is 1. The molecule has 14 heavy (non-hydrogen) atoms. The summed E-state index contributed by atoms with van der Waals surface area (Å²) < 4.78 is 0. The van der Waals surface area contributed by atoms with Gasteiger partial charge < -0.3 is 5.32 Å². The van der Waals surface area contributed by atoms with E-state index in [1.54, 1.807) is 5.56 Å². The highest BCUT2D eigenvalue weighted by atomic mass is 32.1. The Balaban J connectivity index is 1.97. The highest BCUT2D eigenvalue weighted by molar-refractivity contribution is 7.07. The van der Waals surface area contributed by atoms with Crippen LogP contribution >= 0.6 is 11.3 Å². The lowest BCUT2D eigenvalue weighted by Crippen LogP contribution is -2.24. The van der Waals surface area contributed by atoms with Crippen molar-refractivity contribution in [3.05, 3.63) is 22.4 Å². The van der Waals surface area contributed by atoms with Crippen molar-refractivity contribution in [2.75, 3.05) is 13.1 Å². The van der Waals surface area contributed by atoms with Gasteiger partial charge in [0, 0.05) is 0 Å². The van der Waals surface area contributed by atoms with E-state index in [2.05, 4.69) is 29.1 Å². The van der Waals surface area contributed by atoms with Crippen molar-refractivity contribution in [1.82, 2.24) is 5.32 Å². The summed E-state index contributed by atoms with van der Waals surface area (Å²) in [5, 5.41) is 8.02. The predicted octanol–water partition coefficient (Wildman–Crippen LogP) is 3.24. The second-order valence-corrected chi connectivity index (χ2v) is 4.94. The first-order valence-corrected chi connectivity index (χ1v) is 6.59. The predicted molar refractivity (Wildman–Crippen MR) is 62.9 cm³/mol. The Hall–Kier alpha value is -0.340. The van der Waals surface area contributed by atoms with Crippen LogP contribution < -0.4 is 5.32 Å². The summed E-state index contributed by atoms with van der Waals surface area (Å²) in [4.78, 5) is 0. The first-order valence-electron chi connectivity index (χ1n) is 5.64. The molecule has 2 unspecified atom stereocenters. The average molecular weight is 209 g/mol. The maximum absolute atomic E-state index is 3.49. The van der Waals surface area contributed by atoms with E-state index in [1.807, 2.05) is 11.3 Å². The normalized spacial score (nSPS) is 26.9. The summed E-state index contributed by atoms with van der Waals surface area (Å²) in [5.74, 6) is 1.71. The van der Waals surface area contributed by atoms with Crippen molar-refractivity contribution >= 4 is 11.3 Å². The lowest BCUT2D eigenvalue weighted by molar-refractivity contribution is 0.451. The summed E-state index contributed by atoms with van der Waals surface area (Å²) in [5.41, 5.74) is 1.58. The lowest BCUT2D eigenvalue weighted by atomic mass is 9.91. The molecule has 0 aliphatic heterocycles. The minimum absolute atomic E-state index is 0.834. The van der Waals surface area contributed by atoms with Crippen molar-refractivity contribution in [1.29, 1.82) is 0 Å². The molecule has 1 heterocycles. The Kier molecular flexibility index (Phi) is 3.60. The number of hydrogen-bond donors (Lipinski definition) is 1. The van der Waals surface area contributed by atoms with Crippen LogP contribution in [-0.2, 0) is 0 Å². The van der Waals surface area contributed by atoms with Crippen LogP contribution in [0.5, 0.6) is 0 Å². The van der Waals surface area contributed by atoms with E-state index < -0.39 is 0 Å². The highest BCUT2D eigenvalue weighted by Gasteiger charge is 2.27. The van der Waals surface area contributed by atoms with Crippen molar-refractivity contribution in [3.63, 3.8) is 0 Å². The van der Waals surface area contributed by atoms with Gasteiger partial charge in [-0.2, -0.15) is 11.3 Å². The molecule has 1 N–H and O–H groups in total. The Labute approximate surface area is 90.5 Å². The topological polar surface area (TPSA) is 12.0 Å². The molecular weight excluding hydrogens is 190 g/mol. The molecular formula is C12H19NS. The first-order chi connectivity index (χ1) is 6.92. The van der Waals surface area contributed by atoms with Gasteiger partial charge in [-0.05, 0) is 60.2 Å². The van der Waals surface area contributed by atoms with E-state index in [-0.39, 0.29) is 0 Å². The molecule has 1 aromatic rings. The molecule has 78 valence electrons. The van der Waals surface area contributed by atoms with Crippen LogP contribution in [0.3, 0.4) is 0 Å². The number of rotatable bonds is 4. The van der Waals surface area contributed by atoms with E-state index in [4.69, 9.17) is 0 Å². The monoisotopic (exact) mass is 209 g/mol. The molecule has 1 nitrogen and oxygen atoms in total. The van der Waals surface area contributed by atoms with Crippen LogP contribution in [0.2, 0.25) is 0 Å². The molecule has 0 spiro atoms. The van der Waals surface area contributed by atoms with E-state index in [9.17, 15) is 0 Å². The third-order valence-electron chi connectivity index (χ3n) is 3.29. The molecule has 0 radical (unpaired) electrons. The van der Waals surface area contributed by atoms with Crippen LogP contribution in [0.4, 0.5) is 0 Å². The minimum Gasteiger partial charge on any atom is -0.317 e. The second-order valence-electron chi connectivity index (χ2n) is 4.16. The Morgan fingerprint density at radius 2 is 2.43 bits per heavy atom. The molecule has 1 aliphatic rings. The van der Waals surface area contributed by atoms with Gasteiger partial charge in [0.2, 0.25) is 0 Å². The minimum atomic E-state index is 0.834. The zero-order chi connectivity index (χ0) is 9.80. The maximum atomic E-state index is 3.49. The summed E-state index contributed by atoms with van der Waals surface area (Å²) in [6, 6.07) is 2.31. The van der Waals surface area contributed by atoms with Gasteiger partial charge in [0.05, 0.1) is 0 Å². The molecule has 0 amide bonds. The Morgan fingerprint density at radius 1 is 1.50 bits per heavy atom. The zero-order valence-electron chi connectivity index (χ0n) is 8.83. The molecule has 1 fully saturated rings. The van der Waals surface area contributed by atoms with Gasteiger partial charge in [-0.15, -0.1) is 0 Å². The standard InChI is InChI=1S/C12H19NS/c1-2-13-8-10-4-3-5-12(10)11-6-7-14-9-11/h6-7,9-10,12-13H,2-5,8H2,1H3. The highest BCUT2D eigenvalue weighted by Crippen LogP contribution is 2.39. The molecule has 2 atom stereocenters. The largest absolute Gasteiger partial charge is 0.317 e. The van der Waals surface area contributed by atoms with Crippen molar-refractivity contribution < 1.29 is 0 Å². The molecule has 1 aliphatic carbocycles. The van der Waals surface area contributed by atoms with Gasteiger partial charge in [-0.25, -0.2) is 0 Å². The van der Waals surface area contributed by atoms with Crippen LogP contribution in [-0.4, -0.2) is 13.1 Å². The molecule has 2 heteroatoms. The molecule has 0 aromatic carbocycles. The van der Waals surface area contributed by atoms with E-state index in [0.717, 1.165) is 18.4 Å². The lowest BCUT2D eigenvalue weighted by Gasteiger charge is -2.18. The van der Waals surface area contributed by atoms with Crippen molar-refractivity contribution in [2.45, 2.75) is 32.1 Å². The SMILES string of the molecule is CCNCC1CCCC1c1ccsc1. The average Bonchev–Trinajstić information content (AvgIpc) is 2.84. The van der Waals surface area contributed by atoms with Gasteiger partial charge in [-0.3, -0.25) is 0 Å². The Morgan fingerprint density at radius 3 is 3.14 bits per heavy atom. The van der Waals surface area contributed by atoms with Crippen molar-refractivity contribution in [3.8, 4) is 0 Å². The fourth-order valence-corrected chi connectivity index (χ4v) is 3.26. The van der Waals surface area contributed by atoms with Crippen LogP contribution in [0.15, 0.2) is 16.8 Å². The van der Waals surface area contributed by atoms with Crippen LogP contribution in [0.25, 0.3) is 0 Å². The maximum Gasteiger partial charge on any atom is -0.00148 e. The van der Waals surface area contributed by atoms with Gasteiger partial charge in [0.25, 0.3) is 0 Å². The van der Waals surface area contributed by atoms with Gasteiger partial charge in [0.15, 0.2) is 0 Å². The summed E-state index contributed by atoms with van der Waals surface area (Å²) in [6.07, 6.45) is 4.22. The van der Waals surface area contributed by atoms with E-state index in [1.165, 1.54) is 25.8 Å². The number of hydrogen-bond acceptors (Lipinski definition) is 2. The molecule has 2 rings (SSSR count). The van der Waals surface area contributed by atoms with Gasteiger partial charge in [-0.1, -0.05) is 13.3 Å². The third kappa shape index (κ3) is 2.18. The summed E-state index contributed by atoms with van der Waals surface area (Å²) >= 11 is 1.83. The Bertz CT molecular complexity index is 255.